The number of imide groups is 1. The molecule has 0 aliphatic carbocycles. The second kappa shape index (κ2) is 10.1. The number of benzene rings is 3. The standard InChI is InChI=1S/C34H29N3O8/c1-20-24(30(40)43-2)27(22-15-9-5-10-16-22)37-31(41)33(32(42)44-3)25-26(29(39)36(28(25)38)23-17-11-6-12-18-23)34(37,45-33)35(20)19-21-13-7-4-8-14-21/h4-18,25-27H,19H2,1-3H3/t25-,26+,27-,33+,34+/m0/s1. The number of ether oxygens (including phenoxy) is 3. The van der Waals surface area contributed by atoms with E-state index in [-0.39, 0.29) is 12.1 Å². The number of para-hydroxylation sites is 1. The van der Waals surface area contributed by atoms with Crippen molar-refractivity contribution >= 4 is 35.3 Å². The minimum absolute atomic E-state index is 0.0612. The van der Waals surface area contributed by atoms with Crippen molar-refractivity contribution in [3.05, 3.63) is 113 Å². The molecule has 0 unspecified atom stereocenters. The summed E-state index contributed by atoms with van der Waals surface area (Å²) >= 11 is 0. The van der Waals surface area contributed by atoms with Crippen LogP contribution in [0.3, 0.4) is 0 Å². The molecule has 0 N–H and O–H groups in total. The number of carbonyl (C=O) groups excluding carboxylic acids is 5. The smallest absolute Gasteiger partial charge is 0.349 e. The molecule has 11 nitrogen and oxygen atoms in total. The summed E-state index contributed by atoms with van der Waals surface area (Å²) in [5, 5.41) is 0. The van der Waals surface area contributed by atoms with Gasteiger partial charge in [0.05, 0.1) is 31.5 Å². The highest BCUT2D eigenvalue weighted by Crippen LogP contribution is 2.66. The van der Waals surface area contributed by atoms with Crippen molar-refractivity contribution < 1.29 is 38.2 Å². The van der Waals surface area contributed by atoms with Crippen LogP contribution in [-0.2, 0) is 44.7 Å². The molecule has 4 heterocycles. The highest BCUT2D eigenvalue weighted by atomic mass is 16.6. The predicted octanol–water partition coefficient (Wildman–Crippen LogP) is 2.93. The topological polar surface area (TPSA) is 123 Å². The first-order valence-electron chi connectivity index (χ1n) is 14.4. The van der Waals surface area contributed by atoms with Gasteiger partial charge in [0, 0.05) is 12.2 Å². The van der Waals surface area contributed by atoms with Crippen molar-refractivity contribution in [2.75, 3.05) is 19.1 Å². The van der Waals surface area contributed by atoms with Crippen LogP contribution in [0.1, 0.15) is 24.1 Å². The summed E-state index contributed by atoms with van der Waals surface area (Å²) in [5.41, 5.74) is -0.423. The molecular weight excluding hydrogens is 578 g/mol. The quantitative estimate of drug-likeness (QED) is 0.237. The number of carbonyl (C=O) groups is 5. The molecule has 11 heteroatoms. The molecule has 3 fully saturated rings. The van der Waals surface area contributed by atoms with Crippen LogP contribution in [0.15, 0.2) is 102 Å². The van der Waals surface area contributed by atoms with E-state index in [1.165, 1.54) is 12.0 Å². The number of amides is 3. The van der Waals surface area contributed by atoms with Crippen LogP contribution in [0.25, 0.3) is 0 Å². The van der Waals surface area contributed by atoms with Gasteiger partial charge in [0.25, 0.3) is 11.5 Å². The lowest BCUT2D eigenvalue weighted by Gasteiger charge is -2.55. The molecule has 0 radical (unpaired) electrons. The summed E-state index contributed by atoms with van der Waals surface area (Å²) in [6.45, 7) is 1.75. The minimum Gasteiger partial charge on any atom is -0.466 e. The van der Waals surface area contributed by atoms with Crippen LogP contribution < -0.4 is 4.90 Å². The third-order valence-corrected chi connectivity index (χ3v) is 9.26. The van der Waals surface area contributed by atoms with Gasteiger partial charge in [-0.2, -0.15) is 0 Å². The Morgan fingerprint density at radius 3 is 1.98 bits per heavy atom. The first-order chi connectivity index (χ1) is 21.7. The van der Waals surface area contributed by atoms with Crippen LogP contribution in [-0.4, -0.2) is 65.1 Å². The summed E-state index contributed by atoms with van der Waals surface area (Å²) in [6.07, 6.45) is 0. The Labute approximate surface area is 258 Å². The lowest BCUT2D eigenvalue weighted by atomic mass is 9.73. The average Bonchev–Trinajstić information content (AvgIpc) is 3.64. The zero-order valence-corrected chi connectivity index (χ0v) is 24.7. The van der Waals surface area contributed by atoms with Crippen molar-refractivity contribution in [1.82, 2.24) is 9.80 Å². The maximum atomic E-state index is 14.9. The fraction of sp³-hybridized carbons (Fsp3) is 0.265. The summed E-state index contributed by atoms with van der Waals surface area (Å²) in [7, 11) is 2.34. The van der Waals surface area contributed by atoms with E-state index in [1.54, 1.807) is 72.5 Å². The number of allylic oxidation sites excluding steroid dienone is 1. The molecule has 0 saturated carbocycles. The normalized spacial score (nSPS) is 28.4. The minimum atomic E-state index is -2.50. The van der Waals surface area contributed by atoms with Gasteiger partial charge in [-0.05, 0) is 30.2 Å². The number of hydrogen-bond donors (Lipinski definition) is 0. The van der Waals surface area contributed by atoms with E-state index in [4.69, 9.17) is 14.2 Å². The molecule has 5 atom stereocenters. The van der Waals surface area contributed by atoms with Gasteiger partial charge in [-0.3, -0.25) is 19.3 Å². The highest BCUT2D eigenvalue weighted by Gasteiger charge is 2.88. The Morgan fingerprint density at radius 1 is 0.800 bits per heavy atom. The zero-order chi connectivity index (χ0) is 31.7. The number of methoxy groups -OCH3 is 2. The van der Waals surface area contributed by atoms with Crippen LogP contribution in [0.2, 0.25) is 0 Å². The van der Waals surface area contributed by atoms with Crippen molar-refractivity contribution in [2.24, 2.45) is 11.8 Å². The van der Waals surface area contributed by atoms with Crippen molar-refractivity contribution in [3.63, 3.8) is 0 Å². The fourth-order valence-electron chi connectivity index (χ4n) is 7.45. The Balaban J connectivity index is 1.55. The lowest BCUT2D eigenvalue weighted by Crippen LogP contribution is -2.70. The average molecular weight is 608 g/mol. The van der Waals surface area contributed by atoms with Gasteiger partial charge in [0.15, 0.2) is 0 Å². The second-order valence-corrected chi connectivity index (χ2v) is 11.3. The summed E-state index contributed by atoms with van der Waals surface area (Å²) in [4.78, 5) is 75.2. The van der Waals surface area contributed by atoms with Gasteiger partial charge in [-0.1, -0.05) is 78.9 Å². The number of nitrogens with zero attached hydrogens (tertiary/aromatic N) is 3. The molecule has 1 spiro atoms. The molecule has 3 aromatic rings. The van der Waals surface area contributed by atoms with Crippen LogP contribution in [0.5, 0.6) is 0 Å². The van der Waals surface area contributed by atoms with Gasteiger partial charge in [-0.25, -0.2) is 14.5 Å². The Bertz CT molecular complexity index is 1780. The Hall–Kier alpha value is -5.29. The van der Waals surface area contributed by atoms with Crippen molar-refractivity contribution in [1.29, 1.82) is 0 Å². The number of anilines is 1. The molecule has 0 aromatic heterocycles. The zero-order valence-electron chi connectivity index (χ0n) is 24.7. The number of fused-ring (bicyclic) bond motifs is 3. The molecule has 2 bridgehead atoms. The maximum Gasteiger partial charge on any atom is 0.349 e. The molecule has 3 saturated heterocycles. The van der Waals surface area contributed by atoms with Crippen LogP contribution >= 0.6 is 0 Å². The van der Waals surface area contributed by atoms with Gasteiger partial charge < -0.3 is 19.1 Å². The summed E-state index contributed by atoms with van der Waals surface area (Å²) < 4.78 is 17.1. The van der Waals surface area contributed by atoms with E-state index < -0.39 is 59.0 Å². The Morgan fingerprint density at radius 2 is 1.38 bits per heavy atom. The number of hydrogen-bond acceptors (Lipinski definition) is 9. The molecular formula is C34H29N3O8. The van der Waals surface area contributed by atoms with Crippen molar-refractivity contribution in [2.45, 2.75) is 31.0 Å². The fourth-order valence-corrected chi connectivity index (χ4v) is 7.45. The molecule has 7 rings (SSSR count). The first-order valence-corrected chi connectivity index (χ1v) is 14.4. The highest BCUT2D eigenvalue weighted by molar-refractivity contribution is 6.28. The third-order valence-electron chi connectivity index (χ3n) is 9.26. The number of esters is 2. The summed E-state index contributed by atoms with van der Waals surface area (Å²) in [5.74, 6) is -8.95. The number of piperidine rings is 1. The maximum absolute atomic E-state index is 14.9. The lowest BCUT2D eigenvalue weighted by molar-refractivity contribution is -0.226. The number of rotatable bonds is 6. The molecule has 3 amide bonds. The van der Waals surface area contributed by atoms with E-state index in [2.05, 4.69) is 0 Å². The summed E-state index contributed by atoms with van der Waals surface area (Å²) in [6, 6.07) is 25.2. The predicted molar refractivity (Wildman–Crippen MR) is 157 cm³/mol. The van der Waals surface area contributed by atoms with Gasteiger partial charge in [0.1, 0.15) is 11.8 Å². The Kier molecular flexibility index (Phi) is 6.41. The van der Waals surface area contributed by atoms with E-state index in [0.29, 0.717) is 16.9 Å². The third kappa shape index (κ3) is 3.58. The van der Waals surface area contributed by atoms with E-state index in [1.807, 2.05) is 30.3 Å². The van der Waals surface area contributed by atoms with E-state index >= 15 is 0 Å². The van der Waals surface area contributed by atoms with Gasteiger partial charge >= 0.3 is 11.9 Å². The molecule has 4 aliphatic rings. The van der Waals surface area contributed by atoms with E-state index in [9.17, 15) is 24.0 Å². The molecule has 45 heavy (non-hydrogen) atoms. The van der Waals surface area contributed by atoms with E-state index in [0.717, 1.165) is 17.6 Å². The van der Waals surface area contributed by atoms with Crippen LogP contribution in [0, 0.1) is 11.8 Å². The second-order valence-electron chi connectivity index (χ2n) is 11.3. The van der Waals surface area contributed by atoms with Gasteiger partial charge in [-0.15, -0.1) is 0 Å². The molecule has 228 valence electrons. The molecule has 3 aromatic carbocycles. The van der Waals surface area contributed by atoms with Crippen molar-refractivity contribution in [3.8, 4) is 0 Å². The molecule has 4 aliphatic heterocycles. The first kappa shape index (κ1) is 28.5. The largest absolute Gasteiger partial charge is 0.466 e. The monoisotopic (exact) mass is 607 g/mol. The SMILES string of the molecule is COC(=O)C1=C(C)N(Cc2ccccc2)[C@@]23O[C@@](C(=O)OC)(C(=O)N2[C@H]1c1ccccc1)[C@@H]1C(=O)N(c2ccccc2)C(=O)[C@@H]13. The van der Waals surface area contributed by atoms with Gasteiger partial charge in [0.2, 0.25) is 17.7 Å². The van der Waals surface area contributed by atoms with Crippen LogP contribution in [0.4, 0.5) is 5.69 Å².